The number of carboxylic acid groups (broad SMARTS) is 1. The van der Waals surface area contributed by atoms with E-state index in [-0.39, 0.29) is 12.3 Å². The summed E-state index contributed by atoms with van der Waals surface area (Å²) in [7, 11) is 1.77. The standard InChI is InChI=1S/C14H18N2O3/c1-3-16(7-6-14(18)19)11-4-5-12-10(8-11)9-13(17)15(12)2/h4-5,8H,3,6-7,9H2,1-2H3,(H,18,19). The second-order valence-electron chi connectivity index (χ2n) is 4.67. The van der Waals surface area contributed by atoms with Crippen molar-refractivity contribution in [3.8, 4) is 0 Å². The number of aliphatic carboxylic acids is 1. The molecule has 0 aliphatic carbocycles. The fourth-order valence-corrected chi connectivity index (χ4v) is 2.35. The van der Waals surface area contributed by atoms with Crippen LogP contribution in [0.1, 0.15) is 18.9 Å². The van der Waals surface area contributed by atoms with E-state index in [1.165, 1.54) is 0 Å². The predicted octanol–water partition coefficient (Wildman–Crippen LogP) is 1.51. The normalized spacial score (nSPS) is 13.6. The lowest BCUT2D eigenvalue weighted by Gasteiger charge is -2.23. The van der Waals surface area contributed by atoms with Gasteiger partial charge in [0.25, 0.3) is 0 Å². The summed E-state index contributed by atoms with van der Waals surface area (Å²) in [4.78, 5) is 25.9. The van der Waals surface area contributed by atoms with Crippen LogP contribution in [0.4, 0.5) is 11.4 Å². The first-order valence-corrected chi connectivity index (χ1v) is 6.39. The van der Waals surface area contributed by atoms with E-state index in [9.17, 15) is 9.59 Å². The summed E-state index contributed by atoms with van der Waals surface area (Å²) in [5, 5.41) is 8.75. The lowest BCUT2D eigenvalue weighted by Crippen LogP contribution is -2.25. The van der Waals surface area contributed by atoms with Gasteiger partial charge in [-0.05, 0) is 30.7 Å². The summed E-state index contributed by atoms with van der Waals surface area (Å²) in [6.45, 7) is 3.22. The molecule has 0 atom stereocenters. The van der Waals surface area contributed by atoms with Gasteiger partial charge in [0.15, 0.2) is 0 Å². The Hall–Kier alpha value is -2.04. The molecule has 1 aliphatic heterocycles. The SMILES string of the molecule is CCN(CCC(=O)O)c1ccc2c(c1)CC(=O)N2C. The summed E-state index contributed by atoms with van der Waals surface area (Å²) in [6.07, 6.45) is 0.542. The summed E-state index contributed by atoms with van der Waals surface area (Å²) in [5.74, 6) is -0.699. The van der Waals surface area contributed by atoms with Gasteiger partial charge in [0.1, 0.15) is 0 Å². The van der Waals surface area contributed by atoms with Crippen LogP contribution in [0.25, 0.3) is 0 Å². The number of amides is 1. The number of carbonyl (C=O) groups is 2. The van der Waals surface area contributed by atoms with Gasteiger partial charge in [0.2, 0.25) is 5.91 Å². The fraction of sp³-hybridized carbons (Fsp3) is 0.429. The molecule has 0 fully saturated rings. The quantitative estimate of drug-likeness (QED) is 0.873. The van der Waals surface area contributed by atoms with E-state index in [1.807, 2.05) is 30.0 Å². The van der Waals surface area contributed by atoms with E-state index in [1.54, 1.807) is 11.9 Å². The number of nitrogens with zero attached hydrogens (tertiary/aromatic N) is 2. The van der Waals surface area contributed by atoms with Crippen molar-refractivity contribution >= 4 is 23.3 Å². The molecule has 0 aromatic heterocycles. The van der Waals surface area contributed by atoms with E-state index in [0.29, 0.717) is 13.0 Å². The Morgan fingerprint density at radius 1 is 1.47 bits per heavy atom. The molecule has 0 spiro atoms. The predicted molar refractivity (Wildman–Crippen MR) is 73.7 cm³/mol. The van der Waals surface area contributed by atoms with Crippen molar-refractivity contribution in [1.82, 2.24) is 0 Å². The van der Waals surface area contributed by atoms with Crippen molar-refractivity contribution in [2.45, 2.75) is 19.8 Å². The second-order valence-corrected chi connectivity index (χ2v) is 4.67. The molecule has 1 amide bonds. The number of carboxylic acids is 1. The van der Waals surface area contributed by atoms with Gasteiger partial charge in [-0.15, -0.1) is 0 Å². The monoisotopic (exact) mass is 262 g/mol. The Balaban J connectivity index is 2.19. The van der Waals surface area contributed by atoms with Gasteiger partial charge in [-0.2, -0.15) is 0 Å². The third-order valence-corrected chi connectivity index (χ3v) is 3.48. The van der Waals surface area contributed by atoms with Gasteiger partial charge in [0.05, 0.1) is 12.8 Å². The lowest BCUT2D eigenvalue weighted by molar-refractivity contribution is -0.136. The third-order valence-electron chi connectivity index (χ3n) is 3.48. The van der Waals surface area contributed by atoms with Crippen LogP contribution >= 0.6 is 0 Å². The molecular weight excluding hydrogens is 244 g/mol. The van der Waals surface area contributed by atoms with Crippen molar-refractivity contribution in [2.24, 2.45) is 0 Å². The van der Waals surface area contributed by atoms with Crippen LogP contribution < -0.4 is 9.80 Å². The third kappa shape index (κ3) is 2.70. The molecule has 19 heavy (non-hydrogen) atoms. The molecule has 2 rings (SSSR count). The number of rotatable bonds is 5. The van der Waals surface area contributed by atoms with Crippen molar-refractivity contribution in [3.05, 3.63) is 23.8 Å². The molecule has 5 heteroatoms. The minimum absolute atomic E-state index is 0.0979. The number of benzene rings is 1. The lowest BCUT2D eigenvalue weighted by atomic mass is 10.1. The van der Waals surface area contributed by atoms with Gasteiger partial charge in [0, 0.05) is 31.5 Å². The van der Waals surface area contributed by atoms with Crippen molar-refractivity contribution in [2.75, 3.05) is 29.9 Å². The highest BCUT2D eigenvalue weighted by Crippen LogP contribution is 2.31. The average Bonchev–Trinajstić information content (AvgIpc) is 2.65. The van der Waals surface area contributed by atoms with Crippen LogP contribution in [0.15, 0.2) is 18.2 Å². The molecule has 1 N–H and O–H groups in total. The largest absolute Gasteiger partial charge is 0.481 e. The van der Waals surface area contributed by atoms with Crippen LogP contribution in [0.5, 0.6) is 0 Å². The highest BCUT2D eigenvalue weighted by atomic mass is 16.4. The molecule has 0 saturated heterocycles. The first-order valence-electron chi connectivity index (χ1n) is 6.39. The van der Waals surface area contributed by atoms with Crippen molar-refractivity contribution in [1.29, 1.82) is 0 Å². The highest BCUT2D eigenvalue weighted by molar-refractivity contribution is 6.01. The smallest absolute Gasteiger partial charge is 0.305 e. The summed E-state index contributed by atoms with van der Waals surface area (Å²) < 4.78 is 0. The molecule has 1 aromatic rings. The van der Waals surface area contributed by atoms with Gasteiger partial charge in [-0.25, -0.2) is 0 Å². The number of fused-ring (bicyclic) bond motifs is 1. The zero-order chi connectivity index (χ0) is 14.0. The van der Waals surface area contributed by atoms with E-state index >= 15 is 0 Å². The Morgan fingerprint density at radius 2 is 2.21 bits per heavy atom. The Labute approximate surface area is 112 Å². The van der Waals surface area contributed by atoms with E-state index in [4.69, 9.17) is 5.11 Å². The van der Waals surface area contributed by atoms with E-state index in [2.05, 4.69) is 0 Å². The summed E-state index contributed by atoms with van der Waals surface area (Å²) >= 11 is 0. The van der Waals surface area contributed by atoms with Crippen molar-refractivity contribution in [3.63, 3.8) is 0 Å². The molecule has 0 radical (unpaired) electrons. The van der Waals surface area contributed by atoms with Gasteiger partial charge in [-0.1, -0.05) is 0 Å². The maximum atomic E-state index is 11.6. The van der Waals surface area contributed by atoms with Crippen LogP contribution in [-0.4, -0.2) is 37.1 Å². The van der Waals surface area contributed by atoms with Crippen LogP contribution in [-0.2, 0) is 16.0 Å². The first kappa shape index (κ1) is 13.4. The van der Waals surface area contributed by atoms with Crippen molar-refractivity contribution < 1.29 is 14.7 Å². The van der Waals surface area contributed by atoms with E-state index in [0.717, 1.165) is 23.5 Å². The molecule has 1 aromatic carbocycles. The highest BCUT2D eigenvalue weighted by Gasteiger charge is 2.24. The topological polar surface area (TPSA) is 60.9 Å². The number of anilines is 2. The molecule has 0 unspecified atom stereocenters. The van der Waals surface area contributed by atoms with Gasteiger partial charge >= 0.3 is 5.97 Å². The number of hydrogen-bond donors (Lipinski definition) is 1. The fourth-order valence-electron chi connectivity index (χ4n) is 2.35. The summed E-state index contributed by atoms with van der Waals surface area (Å²) in [5.41, 5.74) is 2.94. The minimum Gasteiger partial charge on any atom is -0.481 e. The van der Waals surface area contributed by atoms with E-state index < -0.39 is 5.97 Å². The van der Waals surface area contributed by atoms with Crippen LogP contribution in [0.3, 0.4) is 0 Å². The molecule has 1 heterocycles. The summed E-state index contributed by atoms with van der Waals surface area (Å²) in [6, 6.07) is 5.86. The first-order chi connectivity index (χ1) is 9.02. The zero-order valence-corrected chi connectivity index (χ0v) is 11.2. The Bertz CT molecular complexity index is 513. The van der Waals surface area contributed by atoms with Gasteiger partial charge in [-0.3, -0.25) is 9.59 Å². The maximum absolute atomic E-state index is 11.6. The van der Waals surface area contributed by atoms with Crippen LogP contribution in [0.2, 0.25) is 0 Å². The molecular formula is C14H18N2O3. The molecule has 5 nitrogen and oxygen atoms in total. The Kier molecular flexibility index (Phi) is 3.74. The average molecular weight is 262 g/mol. The number of hydrogen-bond acceptors (Lipinski definition) is 3. The molecule has 0 saturated carbocycles. The number of likely N-dealkylation sites (N-methyl/N-ethyl adjacent to an activating group) is 1. The Morgan fingerprint density at radius 3 is 2.84 bits per heavy atom. The zero-order valence-electron chi connectivity index (χ0n) is 11.2. The van der Waals surface area contributed by atoms with Crippen LogP contribution in [0, 0.1) is 0 Å². The maximum Gasteiger partial charge on any atom is 0.305 e. The van der Waals surface area contributed by atoms with Gasteiger partial charge < -0.3 is 14.9 Å². The minimum atomic E-state index is -0.797. The molecule has 102 valence electrons. The number of carbonyl (C=O) groups excluding carboxylic acids is 1. The molecule has 0 bridgehead atoms. The second kappa shape index (κ2) is 5.30. The molecule has 1 aliphatic rings.